The van der Waals surface area contributed by atoms with Crippen molar-refractivity contribution < 1.29 is 0 Å². The first kappa shape index (κ1) is 24.4. The van der Waals surface area contributed by atoms with Gasteiger partial charge in [-0.15, -0.1) is 0 Å². The number of nitrogens with one attached hydrogen (secondary N) is 1. The first-order valence-electron chi connectivity index (χ1n) is 13.7. The smallest absolute Gasteiger partial charge is 0.165 e. The second-order valence-corrected chi connectivity index (χ2v) is 12.1. The summed E-state index contributed by atoms with van der Waals surface area (Å²) in [6.07, 6.45) is 7.84. The molecule has 4 heterocycles. The lowest BCUT2D eigenvalue weighted by atomic mass is 9.66. The molecule has 0 spiro atoms. The van der Waals surface area contributed by atoms with Gasteiger partial charge in [0.2, 0.25) is 0 Å². The van der Waals surface area contributed by atoms with Crippen molar-refractivity contribution >= 4 is 28.5 Å². The molecular weight excluding hydrogens is 476 g/mol. The summed E-state index contributed by atoms with van der Waals surface area (Å²) >= 11 is 1.65. The van der Waals surface area contributed by atoms with E-state index in [4.69, 9.17) is 10.7 Å². The highest BCUT2D eigenvalue weighted by Crippen LogP contribution is 2.42. The first-order valence-corrected chi connectivity index (χ1v) is 14.7. The minimum Gasteiger partial charge on any atom is -0.383 e. The number of anilines is 2. The Balaban J connectivity index is 1.29. The lowest BCUT2D eigenvalue weighted by Crippen LogP contribution is -2.57. The number of nitrogens with two attached hydrogens (primary N) is 1. The molecule has 1 saturated carbocycles. The molecule has 2 aliphatic rings. The van der Waals surface area contributed by atoms with Crippen molar-refractivity contribution in [3.8, 4) is 22.3 Å². The molecule has 1 saturated heterocycles. The van der Waals surface area contributed by atoms with E-state index in [2.05, 4.69) is 77.2 Å². The SMILES string of the molecule is CC1CCC(C(C)C)C(C2CNCCN2c2ccc(-c3cnn4c(N)c(-c5ccsc5)cnc34)cc2)C1. The van der Waals surface area contributed by atoms with Crippen LogP contribution in [0, 0.1) is 23.7 Å². The Hall–Kier alpha value is -2.90. The summed E-state index contributed by atoms with van der Waals surface area (Å²) in [5.74, 6) is 3.72. The van der Waals surface area contributed by atoms with Crippen LogP contribution in [0.15, 0.2) is 53.5 Å². The molecule has 1 aliphatic heterocycles. The van der Waals surface area contributed by atoms with Gasteiger partial charge in [-0.3, -0.25) is 0 Å². The van der Waals surface area contributed by atoms with E-state index in [0.29, 0.717) is 11.9 Å². The maximum atomic E-state index is 6.50. The molecule has 1 aromatic carbocycles. The van der Waals surface area contributed by atoms with Crippen LogP contribution in [0.4, 0.5) is 11.5 Å². The van der Waals surface area contributed by atoms with Crippen LogP contribution in [0.1, 0.15) is 40.0 Å². The molecule has 6 nitrogen and oxygen atoms in total. The largest absolute Gasteiger partial charge is 0.383 e. The van der Waals surface area contributed by atoms with E-state index < -0.39 is 0 Å². The lowest BCUT2D eigenvalue weighted by Gasteiger charge is -2.48. The Kier molecular flexibility index (Phi) is 6.67. The van der Waals surface area contributed by atoms with Crippen molar-refractivity contribution in [2.75, 3.05) is 30.3 Å². The van der Waals surface area contributed by atoms with Crippen LogP contribution in [0.25, 0.3) is 27.9 Å². The van der Waals surface area contributed by atoms with Crippen molar-refractivity contribution in [1.82, 2.24) is 19.9 Å². The van der Waals surface area contributed by atoms with Crippen molar-refractivity contribution in [2.45, 2.75) is 46.1 Å². The number of benzene rings is 1. The first-order chi connectivity index (χ1) is 18.0. The minimum atomic E-state index is 0.545. The van der Waals surface area contributed by atoms with Crippen molar-refractivity contribution in [2.24, 2.45) is 23.7 Å². The van der Waals surface area contributed by atoms with Crippen LogP contribution in [0.5, 0.6) is 0 Å². The van der Waals surface area contributed by atoms with Crippen LogP contribution in [-0.4, -0.2) is 40.3 Å². The molecule has 0 radical (unpaired) electrons. The van der Waals surface area contributed by atoms with Gasteiger partial charge in [0.05, 0.1) is 6.20 Å². The van der Waals surface area contributed by atoms with Crippen LogP contribution in [-0.2, 0) is 0 Å². The number of hydrogen-bond donors (Lipinski definition) is 2. The normalized spacial score (nSPS) is 24.7. The molecule has 4 aromatic rings. The average molecular weight is 515 g/mol. The number of fused-ring (bicyclic) bond motifs is 1. The molecule has 4 unspecified atom stereocenters. The third-order valence-corrected chi connectivity index (χ3v) is 9.44. The number of nitrogen functional groups attached to an aromatic ring is 1. The fourth-order valence-electron chi connectivity index (χ4n) is 6.77. The second kappa shape index (κ2) is 10.1. The van der Waals surface area contributed by atoms with Gasteiger partial charge in [0.15, 0.2) is 5.65 Å². The highest BCUT2D eigenvalue weighted by Gasteiger charge is 2.39. The number of thiophene rings is 1. The van der Waals surface area contributed by atoms with Crippen LogP contribution in [0.3, 0.4) is 0 Å². The Labute approximate surface area is 223 Å². The molecule has 2 fully saturated rings. The third kappa shape index (κ3) is 4.53. The van der Waals surface area contributed by atoms with E-state index in [1.807, 2.05) is 12.4 Å². The summed E-state index contributed by atoms with van der Waals surface area (Å²) in [6.45, 7) is 10.5. The molecule has 7 heteroatoms. The quantitative estimate of drug-likeness (QED) is 0.332. The zero-order chi connectivity index (χ0) is 25.5. The highest BCUT2D eigenvalue weighted by atomic mass is 32.1. The zero-order valence-electron chi connectivity index (χ0n) is 22.1. The Morgan fingerprint density at radius 2 is 1.89 bits per heavy atom. The maximum Gasteiger partial charge on any atom is 0.165 e. The molecule has 3 N–H and O–H groups in total. The molecule has 1 aliphatic carbocycles. The predicted molar refractivity (Wildman–Crippen MR) is 155 cm³/mol. The summed E-state index contributed by atoms with van der Waals surface area (Å²) in [6, 6.07) is 11.6. The lowest BCUT2D eigenvalue weighted by molar-refractivity contribution is 0.113. The molecule has 0 bridgehead atoms. The highest BCUT2D eigenvalue weighted by molar-refractivity contribution is 7.08. The molecule has 4 atom stereocenters. The van der Waals surface area contributed by atoms with Crippen LogP contribution in [0.2, 0.25) is 0 Å². The molecule has 194 valence electrons. The van der Waals surface area contributed by atoms with E-state index in [1.54, 1.807) is 15.9 Å². The maximum absolute atomic E-state index is 6.50. The minimum absolute atomic E-state index is 0.545. The fraction of sp³-hybridized carbons (Fsp3) is 0.467. The monoisotopic (exact) mass is 514 g/mol. The summed E-state index contributed by atoms with van der Waals surface area (Å²) < 4.78 is 1.76. The summed E-state index contributed by atoms with van der Waals surface area (Å²) in [5, 5.41) is 12.4. The van der Waals surface area contributed by atoms with E-state index in [1.165, 1.54) is 24.9 Å². The van der Waals surface area contributed by atoms with Crippen molar-refractivity contribution in [1.29, 1.82) is 0 Å². The van der Waals surface area contributed by atoms with E-state index in [0.717, 1.165) is 71.2 Å². The van der Waals surface area contributed by atoms with Gasteiger partial charge in [0.25, 0.3) is 0 Å². The number of aromatic nitrogens is 3. The third-order valence-electron chi connectivity index (χ3n) is 8.76. The van der Waals surface area contributed by atoms with Gasteiger partial charge in [-0.25, -0.2) is 4.98 Å². The zero-order valence-corrected chi connectivity index (χ0v) is 22.9. The molecule has 0 amide bonds. The summed E-state index contributed by atoms with van der Waals surface area (Å²) in [5.41, 5.74) is 12.7. The number of hydrogen-bond acceptors (Lipinski definition) is 6. The summed E-state index contributed by atoms with van der Waals surface area (Å²) in [4.78, 5) is 7.44. The van der Waals surface area contributed by atoms with E-state index in [-0.39, 0.29) is 0 Å². The number of rotatable bonds is 5. The second-order valence-electron chi connectivity index (χ2n) is 11.4. The standard InChI is InChI=1S/C30H38N6S/c1-19(2)24-9-4-20(3)14-25(24)28-17-32-11-12-35(28)23-7-5-21(6-8-23)27-16-34-36-29(31)26(15-33-30(27)36)22-10-13-37-18-22/h5-8,10,13,15-16,18-20,24-25,28,32H,4,9,11-12,14,17,31H2,1-3H3. The van der Waals surface area contributed by atoms with E-state index in [9.17, 15) is 0 Å². The molecule has 6 rings (SSSR count). The molecule has 37 heavy (non-hydrogen) atoms. The van der Waals surface area contributed by atoms with Gasteiger partial charge in [0, 0.05) is 48.7 Å². The topological polar surface area (TPSA) is 71.5 Å². The van der Waals surface area contributed by atoms with E-state index >= 15 is 0 Å². The molecular formula is C30H38N6S. The Morgan fingerprint density at radius 1 is 1.05 bits per heavy atom. The average Bonchev–Trinajstić information content (AvgIpc) is 3.60. The van der Waals surface area contributed by atoms with Gasteiger partial charge in [-0.2, -0.15) is 21.0 Å². The summed E-state index contributed by atoms with van der Waals surface area (Å²) in [7, 11) is 0. The van der Waals surface area contributed by atoms with Crippen LogP contribution < -0.4 is 16.0 Å². The molecule has 3 aromatic heterocycles. The van der Waals surface area contributed by atoms with Crippen LogP contribution >= 0.6 is 11.3 Å². The number of piperazine rings is 1. The van der Waals surface area contributed by atoms with Crippen molar-refractivity contribution in [3.63, 3.8) is 0 Å². The Bertz CT molecular complexity index is 1340. The number of nitrogens with zero attached hydrogens (tertiary/aromatic N) is 4. The van der Waals surface area contributed by atoms with Crippen molar-refractivity contribution in [3.05, 3.63) is 53.5 Å². The Morgan fingerprint density at radius 3 is 2.65 bits per heavy atom. The van der Waals surface area contributed by atoms with Gasteiger partial charge in [-0.1, -0.05) is 39.3 Å². The predicted octanol–water partition coefficient (Wildman–Crippen LogP) is 6.19. The fourth-order valence-corrected chi connectivity index (χ4v) is 7.43. The van der Waals surface area contributed by atoms with Gasteiger partial charge in [-0.05, 0) is 76.6 Å². The van der Waals surface area contributed by atoms with Gasteiger partial charge >= 0.3 is 0 Å². The van der Waals surface area contributed by atoms with Gasteiger partial charge in [0.1, 0.15) is 5.82 Å². The van der Waals surface area contributed by atoms with Gasteiger partial charge < -0.3 is 16.0 Å².